The van der Waals surface area contributed by atoms with E-state index >= 15 is 0 Å². The summed E-state index contributed by atoms with van der Waals surface area (Å²) in [6.45, 7) is -13.9. The highest BCUT2D eigenvalue weighted by Gasteiger charge is 2.63. The van der Waals surface area contributed by atoms with Gasteiger partial charge in [-0.2, -0.15) is 0 Å². The second-order valence-electron chi connectivity index (χ2n) is 34.9. The molecule has 11 heterocycles. The maximum atomic E-state index is 13.2. The summed E-state index contributed by atoms with van der Waals surface area (Å²) in [7, 11) is 0. The Morgan fingerprint density at radius 1 is 0.245 bits per heavy atom. The molecule has 2 amide bonds. The van der Waals surface area contributed by atoms with E-state index in [-0.39, 0.29) is 0 Å². The summed E-state index contributed by atoms with van der Waals surface area (Å²) < 4.78 is 130. The fraction of sp³-hybridized carbons (Fsp3) is 0.974. The van der Waals surface area contributed by atoms with Crippen molar-refractivity contribution in [2.75, 3.05) is 85.9 Å². The van der Waals surface area contributed by atoms with Gasteiger partial charge in [0.05, 0.1) is 91.9 Å². The van der Waals surface area contributed by atoms with Crippen molar-refractivity contribution in [1.29, 1.82) is 0 Å². The highest BCUT2D eigenvalue weighted by molar-refractivity contribution is 5.73. The number of carbonyl (C=O) groups is 2. The third-order valence-corrected chi connectivity index (χ3v) is 25.5. The van der Waals surface area contributed by atoms with Crippen molar-refractivity contribution < 1.29 is 303 Å². The zero-order valence-electron chi connectivity index (χ0n) is 73.6. The summed E-state index contributed by atoms with van der Waals surface area (Å²) in [5.41, 5.74) is 0. The van der Waals surface area contributed by atoms with Crippen molar-refractivity contribution >= 4 is 11.8 Å². The van der Waals surface area contributed by atoms with Crippen LogP contribution >= 0.6 is 0 Å². The first-order valence-corrected chi connectivity index (χ1v) is 44.1. The minimum absolute atomic E-state index is 0.858. The number of aliphatic hydroxyl groups excluding tert-OH is 37. The van der Waals surface area contributed by atoms with E-state index in [4.69, 9.17) is 104 Å². The third kappa shape index (κ3) is 25.5. The number of hydrogen-bond donors (Lipinski definition) is 39. The van der Waals surface area contributed by atoms with Crippen LogP contribution in [0.4, 0.5) is 0 Å². The topological polar surface area (TPSA) is 1010 Å². The molecule has 39 N–H and O–H groups in total. The van der Waals surface area contributed by atoms with Crippen molar-refractivity contribution in [2.24, 2.45) is 0 Å². The van der Waals surface area contributed by atoms with Gasteiger partial charge in [0, 0.05) is 13.8 Å². The number of aliphatic hydroxyl groups is 37. The molecule has 11 fully saturated rings. The minimum atomic E-state index is -2.78. The second kappa shape index (κ2) is 51.2. The third-order valence-electron chi connectivity index (χ3n) is 25.5. The van der Waals surface area contributed by atoms with Gasteiger partial charge in [-0.3, -0.25) is 9.59 Å². The van der Waals surface area contributed by atoms with Gasteiger partial charge in [-0.15, -0.1) is 0 Å². The summed E-state index contributed by atoms with van der Waals surface area (Å²) >= 11 is 0. The van der Waals surface area contributed by atoms with Crippen molar-refractivity contribution in [2.45, 2.75) is 376 Å². The fourth-order valence-corrected chi connectivity index (χ4v) is 17.5. The predicted molar refractivity (Wildman–Crippen MR) is 420 cm³/mol. The Bertz CT molecular complexity index is 3670. The molecule has 11 aliphatic rings. The molecule has 139 heavy (non-hydrogen) atoms. The molecule has 11 saturated heterocycles. The molecule has 0 aliphatic carbocycles. The molecule has 0 unspecified atom stereocenters. The van der Waals surface area contributed by atoms with Crippen LogP contribution in [0.15, 0.2) is 0 Å². The van der Waals surface area contributed by atoms with Crippen LogP contribution in [-0.2, 0) is 114 Å². The SMILES string of the molecule is CC(=O)N[C@H]1[C@H](O[C@@H]([C@H](O)[C@H](CO)NC(C)=O)[C@H](O)CO)O[C@H](CO)[C@@H](O[C@@H]2O[C@H](CO[C@H]3O[C@H](CO[C@H]4O[C@H](CO)[C@@H](O)[C@H](O)[C@@H]4O[C@H]4O[C@H](CO)[C@@H](O)[C@H](O)[C@@H]4O)[C@@H](O)[C@H](O[C@H]4O[C@H](CO)[C@@H](O)[C@H](O)[C@@H]4O[C@H]4O[C@H](CO)[C@@H](O)[C@H](O)[C@@H]4O)[C@@H]3O)[C@@H](O)[C@H](O[C@H]3O[C@H](CO)[C@@H](O)[C@H](O)[C@@H]3O[C@H]3O[C@H](CO)[C@@H](O)[C@H](O)[C@@H]3O[C@H]3O[C@H](CO)[C@@H](O)[C@H](O[C@H]4O[C@H](CO)[C@@H](O)[C@H](O)[C@H]4O)[C@@H]3O)[C@@H]2O)[C@@H]1O. The van der Waals surface area contributed by atoms with E-state index in [1.165, 1.54) is 0 Å². The van der Waals surface area contributed by atoms with Gasteiger partial charge < -0.3 is 304 Å². The first-order chi connectivity index (χ1) is 65.9. The molecule has 59 atom stereocenters. The first-order valence-electron chi connectivity index (χ1n) is 44.1. The molecule has 63 heteroatoms. The van der Waals surface area contributed by atoms with Crippen LogP contribution in [0.5, 0.6) is 0 Å². The Kier molecular flexibility index (Phi) is 42.7. The predicted octanol–water partition coefficient (Wildman–Crippen LogP) is -27.2. The summed E-state index contributed by atoms with van der Waals surface area (Å²) in [5, 5.41) is 418. The Labute approximate surface area is 784 Å². The van der Waals surface area contributed by atoms with Gasteiger partial charge in [-0.25, -0.2) is 0 Å². The molecule has 810 valence electrons. The Morgan fingerprint density at radius 3 is 0.827 bits per heavy atom. The fourth-order valence-electron chi connectivity index (χ4n) is 17.5. The zero-order chi connectivity index (χ0) is 102. The molecule has 0 aromatic heterocycles. The molecular formula is C76H130N2O61. The monoisotopic (exact) mass is 2050 g/mol. The number of hydrogen-bond acceptors (Lipinski definition) is 61. The second-order valence-corrected chi connectivity index (χ2v) is 34.9. The summed E-state index contributed by atoms with van der Waals surface area (Å²) in [5.74, 6) is -1.93. The lowest BCUT2D eigenvalue weighted by Crippen LogP contribution is -2.70. The number of rotatable bonds is 40. The van der Waals surface area contributed by atoms with Gasteiger partial charge in [-0.1, -0.05) is 0 Å². The lowest BCUT2D eigenvalue weighted by molar-refractivity contribution is -0.411. The first kappa shape index (κ1) is 116. The van der Waals surface area contributed by atoms with Crippen molar-refractivity contribution in [3.63, 3.8) is 0 Å². The molecule has 0 saturated carbocycles. The van der Waals surface area contributed by atoms with E-state index in [2.05, 4.69) is 10.6 Å². The van der Waals surface area contributed by atoms with E-state index < -0.39 is 460 Å². The molecule has 0 spiro atoms. The Hall–Kier alpha value is -3.42. The normalized spacial score (nSPS) is 49.5. The van der Waals surface area contributed by atoms with Gasteiger partial charge in [0.2, 0.25) is 11.8 Å². The van der Waals surface area contributed by atoms with Crippen molar-refractivity contribution in [3.8, 4) is 0 Å². The lowest BCUT2D eigenvalue weighted by Gasteiger charge is -2.51. The van der Waals surface area contributed by atoms with E-state index in [9.17, 15) is 199 Å². The Morgan fingerprint density at radius 2 is 0.496 bits per heavy atom. The van der Waals surface area contributed by atoms with Crippen LogP contribution in [0.3, 0.4) is 0 Å². The molecule has 63 nitrogen and oxygen atoms in total. The van der Waals surface area contributed by atoms with Crippen LogP contribution in [0.25, 0.3) is 0 Å². The average molecular weight is 2050 g/mol. The number of amides is 2. The van der Waals surface area contributed by atoms with Crippen molar-refractivity contribution in [3.05, 3.63) is 0 Å². The van der Waals surface area contributed by atoms with Gasteiger partial charge in [0.25, 0.3) is 0 Å². The number of carbonyl (C=O) groups excluding carboxylic acids is 2. The molecule has 11 aliphatic heterocycles. The van der Waals surface area contributed by atoms with Crippen LogP contribution in [-0.4, -0.2) is 649 Å². The van der Waals surface area contributed by atoms with E-state index in [0.717, 1.165) is 13.8 Å². The average Bonchev–Trinajstić information content (AvgIpc) is 0.753. The molecular weight excluding hydrogens is 1920 g/mol. The van der Waals surface area contributed by atoms with Gasteiger partial charge in [0.1, 0.15) is 287 Å². The summed E-state index contributed by atoms with van der Waals surface area (Å²) in [6, 6.07) is -3.83. The molecule has 0 aromatic rings. The molecule has 0 bridgehead atoms. The van der Waals surface area contributed by atoms with E-state index in [1.54, 1.807) is 0 Å². The minimum Gasteiger partial charge on any atom is -0.394 e. The number of nitrogens with one attached hydrogen (secondary N) is 2. The van der Waals surface area contributed by atoms with Crippen LogP contribution < -0.4 is 10.6 Å². The standard InChI is InChI=1S/C76H130N2O61/c1-16(90)77-18(3-79)32(93)57(19(92)4-80)131-66-31(78-17(2)91)43(104)58(28(13-89)128-66)132-72-56(117)61(135-75-65(50(111)39(100)25(10-86)126-75)139-76-64(49(110)38(99)26(11-87)127-76)138-71-55(116)59(40(101)27(12-88)123-71)133-68-51(112)44(105)33(94)20(5-81)120-68)42(103)30(130-72)14-118-67-54(115)60(134-74-63(48(109)37(98)24(9-85)125-74)137-70-53(114)46(107)35(96)22(7-83)122-70)41(102)29(129-67)15-119-73-62(47(108)36(97)23(8-84)124-73)136-69-52(113)45(106)34(95)21(6-82)121-69/h18-76,79-89,92-117H,3-15H2,1-2H3,(H,77,90)(H,78,91)/t18-,19+,20+,21+,22+,23+,24+,25+,26+,27+,28+,29+,30+,31+,32+,33+,34+,35+,36+,37+,38+,39+,40+,41+,42+,43+,44-,45-,46-,47-,48-,49-,50-,51+,52-,53-,54-,55-,56-,57+,58+,59-,60-,61-,62-,63-,64-,65-,66-,67-,68+,69+,70+,71+,72-,73-,74+,75+,76+/m0/s1. The van der Waals surface area contributed by atoms with Gasteiger partial charge in [-0.05, 0) is 0 Å². The van der Waals surface area contributed by atoms with Crippen molar-refractivity contribution in [1.82, 2.24) is 10.6 Å². The maximum Gasteiger partial charge on any atom is 0.217 e. The smallest absolute Gasteiger partial charge is 0.217 e. The van der Waals surface area contributed by atoms with Gasteiger partial charge >= 0.3 is 0 Å². The highest BCUT2D eigenvalue weighted by atomic mass is 16.8. The lowest BCUT2D eigenvalue weighted by atomic mass is 9.94. The van der Waals surface area contributed by atoms with E-state index in [0.29, 0.717) is 0 Å². The largest absolute Gasteiger partial charge is 0.394 e. The van der Waals surface area contributed by atoms with Crippen LogP contribution in [0.2, 0.25) is 0 Å². The van der Waals surface area contributed by atoms with Gasteiger partial charge in [0.15, 0.2) is 69.2 Å². The van der Waals surface area contributed by atoms with Crippen LogP contribution in [0.1, 0.15) is 13.8 Å². The quantitative estimate of drug-likeness (QED) is 0.0271. The maximum absolute atomic E-state index is 13.2. The van der Waals surface area contributed by atoms with Crippen LogP contribution in [0, 0.1) is 0 Å². The van der Waals surface area contributed by atoms with E-state index in [1.807, 2.05) is 0 Å². The molecule has 0 radical (unpaired) electrons. The number of ether oxygens (including phenoxy) is 22. The summed E-state index contributed by atoms with van der Waals surface area (Å²) in [6.07, 6.45) is -130. The highest BCUT2D eigenvalue weighted by Crippen LogP contribution is 2.42. The zero-order valence-corrected chi connectivity index (χ0v) is 73.6. The Balaban J connectivity index is 0.968. The molecule has 11 rings (SSSR count). The summed E-state index contributed by atoms with van der Waals surface area (Å²) in [4.78, 5) is 25.4. The molecule has 0 aromatic carbocycles.